The molecule has 107 heavy (non-hydrogen) atoms. The minimum atomic E-state index is -4.97. The van der Waals surface area contributed by atoms with Crippen molar-refractivity contribution in [3.05, 3.63) is 0 Å². The van der Waals surface area contributed by atoms with Crippen LogP contribution in [0.15, 0.2) is 0 Å². The van der Waals surface area contributed by atoms with E-state index in [1.807, 2.05) is 0 Å². The van der Waals surface area contributed by atoms with Gasteiger partial charge in [-0.05, 0) is 43.4 Å². The number of ether oxygens (including phenoxy) is 4. The van der Waals surface area contributed by atoms with Crippen LogP contribution in [0.25, 0.3) is 0 Å². The summed E-state index contributed by atoms with van der Waals surface area (Å²) in [6, 6.07) is 0. The number of esters is 4. The summed E-state index contributed by atoms with van der Waals surface area (Å²) < 4.78 is 68.9. The van der Waals surface area contributed by atoms with Crippen LogP contribution in [0.1, 0.15) is 466 Å². The molecule has 0 heterocycles. The first-order valence-electron chi connectivity index (χ1n) is 45.4. The van der Waals surface area contributed by atoms with E-state index >= 15 is 0 Å². The summed E-state index contributed by atoms with van der Waals surface area (Å²) in [6.45, 7) is 12.0. The van der Waals surface area contributed by atoms with Crippen LogP contribution in [0.5, 0.6) is 0 Å². The first-order valence-corrected chi connectivity index (χ1v) is 48.4. The van der Waals surface area contributed by atoms with Crippen molar-refractivity contribution in [3.63, 3.8) is 0 Å². The van der Waals surface area contributed by atoms with E-state index in [9.17, 15) is 43.2 Å². The SMILES string of the molecule is CCCCCCCCCCCCCCCCCCCCC(=O)OC[C@H](COP(=O)(O)OC[C@@H](O)COP(=O)(O)OC[C@@H](COC(=O)CCCCCCCCC(C)CC)OC(=O)CCCCCCCCCCCCCCCCC(C)C)OC(=O)CCCCCCCCCCCCCCCCCCCCC(C)CC. The first-order chi connectivity index (χ1) is 51.8. The molecule has 0 spiro atoms. The van der Waals surface area contributed by atoms with E-state index < -0.39 is 97.5 Å². The molecule has 3 N–H and O–H groups in total. The number of carbonyl (C=O) groups excluding carboxylic acids is 4. The molecule has 0 aromatic carbocycles. The van der Waals surface area contributed by atoms with E-state index in [0.717, 1.165) is 114 Å². The Bertz CT molecular complexity index is 2060. The molecular weight excluding hydrogens is 1390 g/mol. The summed E-state index contributed by atoms with van der Waals surface area (Å²) in [5.74, 6) is 0.293. The molecule has 0 aliphatic carbocycles. The lowest BCUT2D eigenvalue weighted by molar-refractivity contribution is -0.161. The van der Waals surface area contributed by atoms with Crippen molar-refractivity contribution in [3.8, 4) is 0 Å². The molecule has 0 aromatic rings. The van der Waals surface area contributed by atoms with E-state index in [1.165, 1.54) is 270 Å². The molecule has 0 radical (unpaired) electrons. The monoisotopic (exact) mass is 1560 g/mol. The fourth-order valence-corrected chi connectivity index (χ4v) is 15.2. The van der Waals surface area contributed by atoms with Gasteiger partial charge in [0.05, 0.1) is 26.4 Å². The zero-order chi connectivity index (χ0) is 78.6. The lowest BCUT2D eigenvalue weighted by atomic mass is 9.99. The fraction of sp³-hybridized carbons (Fsp3) is 0.955. The highest BCUT2D eigenvalue weighted by molar-refractivity contribution is 7.47. The summed E-state index contributed by atoms with van der Waals surface area (Å²) in [7, 11) is -9.93. The van der Waals surface area contributed by atoms with Crippen molar-refractivity contribution in [1.82, 2.24) is 0 Å². The molecule has 19 heteroatoms. The summed E-state index contributed by atoms with van der Waals surface area (Å²) in [4.78, 5) is 73.3. The molecule has 0 aliphatic rings. The summed E-state index contributed by atoms with van der Waals surface area (Å²) in [5, 5.41) is 10.7. The minimum absolute atomic E-state index is 0.107. The van der Waals surface area contributed by atoms with Gasteiger partial charge in [0, 0.05) is 25.7 Å². The van der Waals surface area contributed by atoms with Crippen molar-refractivity contribution in [2.75, 3.05) is 39.6 Å². The Morgan fingerprint density at radius 2 is 0.477 bits per heavy atom. The fourth-order valence-electron chi connectivity index (χ4n) is 13.7. The highest BCUT2D eigenvalue weighted by Crippen LogP contribution is 2.45. The molecule has 17 nitrogen and oxygen atoms in total. The van der Waals surface area contributed by atoms with Crippen molar-refractivity contribution >= 4 is 39.5 Å². The number of carbonyl (C=O) groups is 4. The number of hydrogen-bond donors (Lipinski definition) is 3. The van der Waals surface area contributed by atoms with E-state index in [-0.39, 0.29) is 25.7 Å². The Balaban J connectivity index is 5.23. The molecule has 0 saturated carbocycles. The van der Waals surface area contributed by atoms with E-state index in [1.54, 1.807) is 0 Å². The Kier molecular flexibility index (Phi) is 76.6. The van der Waals surface area contributed by atoms with Crippen LogP contribution >= 0.6 is 15.6 Å². The molecule has 7 atom stereocenters. The maximum absolute atomic E-state index is 13.2. The van der Waals surface area contributed by atoms with E-state index in [2.05, 4.69) is 48.5 Å². The molecule has 0 saturated heterocycles. The predicted octanol–water partition coefficient (Wildman–Crippen LogP) is 26.9. The zero-order valence-electron chi connectivity index (χ0n) is 70.6. The Morgan fingerprint density at radius 1 is 0.271 bits per heavy atom. The maximum atomic E-state index is 13.2. The van der Waals surface area contributed by atoms with Crippen LogP contribution < -0.4 is 0 Å². The highest BCUT2D eigenvalue weighted by Gasteiger charge is 2.31. The van der Waals surface area contributed by atoms with Gasteiger partial charge in [0.25, 0.3) is 0 Å². The number of phosphoric ester groups is 2. The van der Waals surface area contributed by atoms with Crippen molar-refractivity contribution in [2.45, 2.75) is 484 Å². The van der Waals surface area contributed by atoms with Crippen LogP contribution in [0.2, 0.25) is 0 Å². The molecule has 636 valence electrons. The Morgan fingerprint density at radius 3 is 0.710 bits per heavy atom. The molecule has 0 fully saturated rings. The average molecular weight is 1560 g/mol. The second kappa shape index (κ2) is 78.0. The third kappa shape index (κ3) is 79.1. The largest absolute Gasteiger partial charge is 0.472 e. The van der Waals surface area contributed by atoms with Crippen LogP contribution in [0.3, 0.4) is 0 Å². The third-order valence-electron chi connectivity index (χ3n) is 21.4. The van der Waals surface area contributed by atoms with Crippen LogP contribution in [0, 0.1) is 17.8 Å². The zero-order valence-corrected chi connectivity index (χ0v) is 72.4. The maximum Gasteiger partial charge on any atom is 0.472 e. The number of aliphatic hydroxyl groups excluding tert-OH is 1. The lowest BCUT2D eigenvalue weighted by Crippen LogP contribution is -2.30. The van der Waals surface area contributed by atoms with Crippen molar-refractivity contribution in [1.29, 1.82) is 0 Å². The number of rotatable bonds is 86. The first kappa shape index (κ1) is 105. The third-order valence-corrected chi connectivity index (χ3v) is 23.3. The molecule has 0 amide bonds. The molecule has 4 unspecified atom stereocenters. The van der Waals surface area contributed by atoms with Gasteiger partial charge in [0.2, 0.25) is 0 Å². The Hall–Kier alpha value is -1.94. The van der Waals surface area contributed by atoms with Gasteiger partial charge in [-0.25, -0.2) is 9.13 Å². The van der Waals surface area contributed by atoms with Gasteiger partial charge < -0.3 is 33.8 Å². The number of aliphatic hydroxyl groups is 1. The predicted molar refractivity (Wildman–Crippen MR) is 441 cm³/mol. The van der Waals surface area contributed by atoms with Crippen molar-refractivity contribution in [2.24, 2.45) is 17.8 Å². The molecule has 0 aromatic heterocycles. The van der Waals surface area contributed by atoms with E-state index in [0.29, 0.717) is 25.7 Å². The smallest absolute Gasteiger partial charge is 0.462 e. The van der Waals surface area contributed by atoms with Gasteiger partial charge in [-0.3, -0.25) is 37.3 Å². The summed E-state index contributed by atoms with van der Waals surface area (Å²) in [6.07, 6.45) is 69.5. The number of hydrogen-bond acceptors (Lipinski definition) is 15. The average Bonchev–Trinajstić information content (AvgIpc) is 0.909. The second-order valence-electron chi connectivity index (χ2n) is 32.6. The standard InChI is InChI=1S/C88H172O17P2/c1-8-11-12-13-14-15-16-17-18-19-23-26-32-37-42-47-55-62-69-85(90)98-75-83(104-87(92)71-64-57-48-43-38-33-27-24-21-20-22-25-31-36-41-46-53-60-67-80(6)9-2)77-102-106(94,95)100-73-82(89)74-101-107(96,97)103-78-84(76-99-86(91)70-63-56-51-50-54-61-68-81(7)10-3)105-88(93)72-65-58-49-44-39-34-29-28-30-35-40-45-52-59-66-79(4)5/h79-84,89H,8-78H2,1-7H3,(H,94,95)(H,96,97)/t80?,81?,82-,83-,84-/m1/s1. The van der Waals surface area contributed by atoms with Crippen LogP contribution in [-0.2, 0) is 65.4 Å². The molecular formula is C88H172O17P2. The highest BCUT2D eigenvalue weighted by atomic mass is 31.2. The van der Waals surface area contributed by atoms with Crippen LogP contribution in [-0.4, -0.2) is 96.7 Å². The number of unbranched alkanes of at least 4 members (excludes halogenated alkanes) is 52. The van der Waals surface area contributed by atoms with Gasteiger partial charge in [-0.1, -0.05) is 414 Å². The number of phosphoric acid groups is 2. The van der Waals surface area contributed by atoms with Crippen molar-refractivity contribution < 1.29 is 80.2 Å². The van der Waals surface area contributed by atoms with Gasteiger partial charge in [-0.2, -0.15) is 0 Å². The summed E-state index contributed by atoms with van der Waals surface area (Å²) in [5.41, 5.74) is 0. The van der Waals surface area contributed by atoms with Gasteiger partial charge >= 0.3 is 39.5 Å². The van der Waals surface area contributed by atoms with E-state index in [4.69, 9.17) is 37.0 Å². The van der Waals surface area contributed by atoms with Gasteiger partial charge in [0.15, 0.2) is 12.2 Å². The molecule has 0 aliphatic heterocycles. The lowest BCUT2D eigenvalue weighted by Gasteiger charge is -2.21. The quantitative estimate of drug-likeness (QED) is 0.0222. The van der Waals surface area contributed by atoms with Crippen LogP contribution in [0.4, 0.5) is 0 Å². The topological polar surface area (TPSA) is 237 Å². The molecule has 0 rings (SSSR count). The summed E-state index contributed by atoms with van der Waals surface area (Å²) >= 11 is 0. The van der Waals surface area contributed by atoms with Gasteiger partial charge in [-0.15, -0.1) is 0 Å². The molecule has 0 bridgehead atoms. The normalized spacial score (nSPS) is 14.3. The second-order valence-corrected chi connectivity index (χ2v) is 35.5. The minimum Gasteiger partial charge on any atom is -0.462 e. The Labute approximate surface area is 658 Å². The van der Waals surface area contributed by atoms with Gasteiger partial charge in [0.1, 0.15) is 19.3 Å².